The molecule has 0 radical (unpaired) electrons. The highest BCUT2D eigenvalue weighted by molar-refractivity contribution is 5.95. The molecule has 1 aliphatic rings. The summed E-state index contributed by atoms with van der Waals surface area (Å²) >= 11 is 0. The topological polar surface area (TPSA) is 70.4 Å². The number of benzene rings is 1. The van der Waals surface area contributed by atoms with Crippen LogP contribution in [0.25, 0.3) is 0 Å². The van der Waals surface area contributed by atoms with Crippen LogP contribution < -0.4 is 16.4 Å². The Morgan fingerprint density at radius 3 is 2.95 bits per heavy atom. The fourth-order valence-electron chi connectivity index (χ4n) is 2.73. The normalized spacial score (nSPS) is 18.0. The van der Waals surface area contributed by atoms with Gasteiger partial charge >= 0.3 is 0 Å². The summed E-state index contributed by atoms with van der Waals surface area (Å²) in [5.41, 5.74) is 8.41. The van der Waals surface area contributed by atoms with E-state index < -0.39 is 0 Å². The summed E-state index contributed by atoms with van der Waals surface area (Å²) in [6, 6.07) is 5.58. The molecular weight excluding hydrogens is 264 g/mol. The van der Waals surface area contributed by atoms with Crippen LogP contribution in [0.1, 0.15) is 25.3 Å². The number of anilines is 2. The van der Waals surface area contributed by atoms with E-state index in [1.807, 2.05) is 25.1 Å². The molecule has 1 aliphatic heterocycles. The third kappa shape index (κ3) is 4.19. The number of aryl methyl sites for hydroxylation is 1. The molecule has 1 saturated heterocycles. The van der Waals surface area contributed by atoms with Crippen molar-refractivity contribution in [2.24, 2.45) is 0 Å². The van der Waals surface area contributed by atoms with Crippen LogP contribution in [0.5, 0.6) is 0 Å². The second-order valence-corrected chi connectivity index (χ2v) is 5.62. The number of nitrogen functional groups attached to an aromatic ring is 1. The molecule has 1 aromatic carbocycles. The van der Waals surface area contributed by atoms with E-state index in [0.29, 0.717) is 5.69 Å². The van der Waals surface area contributed by atoms with Crippen molar-refractivity contribution >= 4 is 17.3 Å². The quantitative estimate of drug-likeness (QED) is 0.737. The van der Waals surface area contributed by atoms with Crippen LogP contribution in [-0.2, 0) is 4.79 Å². The van der Waals surface area contributed by atoms with Gasteiger partial charge in [0.2, 0.25) is 5.91 Å². The van der Waals surface area contributed by atoms with E-state index in [2.05, 4.69) is 22.5 Å². The predicted octanol–water partition coefficient (Wildman–Crippen LogP) is 1.59. The summed E-state index contributed by atoms with van der Waals surface area (Å²) in [5, 5.41) is 6.37. The lowest BCUT2D eigenvalue weighted by Crippen LogP contribution is -2.45. The van der Waals surface area contributed by atoms with Gasteiger partial charge in [-0.15, -0.1) is 0 Å². The fraction of sp³-hybridized carbons (Fsp3) is 0.562. The van der Waals surface area contributed by atoms with Gasteiger partial charge in [-0.2, -0.15) is 0 Å². The number of rotatable bonds is 4. The number of nitrogens with two attached hydrogens (primary N) is 1. The third-order valence-electron chi connectivity index (χ3n) is 4.05. The average molecular weight is 290 g/mol. The summed E-state index contributed by atoms with van der Waals surface area (Å²) in [4.78, 5) is 14.8. The minimum Gasteiger partial charge on any atom is -0.398 e. The average Bonchev–Trinajstić information content (AvgIpc) is 2.73. The molecule has 1 heterocycles. The van der Waals surface area contributed by atoms with Crippen molar-refractivity contribution in [3.63, 3.8) is 0 Å². The van der Waals surface area contributed by atoms with Crippen molar-refractivity contribution in [1.82, 2.24) is 10.2 Å². The number of nitrogens with one attached hydrogen (secondary N) is 2. The van der Waals surface area contributed by atoms with Gasteiger partial charge in [-0.05, 0) is 44.0 Å². The molecule has 0 bridgehead atoms. The molecule has 1 amide bonds. The predicted molar refractivity (Wildman–Crippen MR) is 87.4 cm³/mol. The first-order valence-corrected chi connectivity index (χ1v) is 7.73. The monoisotopic (exact) mass is 290 g/mol. The minimum absolute atomic E-state index is 0.0580. The van der Waals surface area contributed by atoms with Crippen LogP contribution in [0.15, 0.2) is 18.2 Å². The van der Waals surface area contributed by atoms with Crippen LogP contribution >= 0.6 is 0 Å². The molecule has 21 heavy (non-hydrogen) atoms. The molecular formula is C16H26N4O. The van der Waals surface area contributed by atoms with Crippen molar-refractivity contribution in [3.05, 3.63) is 23.8 Å². The Morgan fingerprint density at radius 1 is 1.43 bits per heavy atom. The van der Waals surface area contributed by atoms with Gasteiger partial charge in [0.05, 0.1) is 6.04 Å². The second kappa shape index (κ2) is 7.43. The van der Waals surface area contributed by atoms with Crippen LogP contribution in [0.2, 0.25) is 0 Å². The molecule has 1 fully saturated rings. The molecule has 2 rings (SSSR count). The van der Waals surface area contributed by atoms with Gasteiger partial charge in [-0.3, -0.25) is 9.69 Å². The summed E-state index contributed by atoms with van der Waals surface area (Å²) in [6.07, 6.45) is 1.90. The molecule has 5 heteroatoms. The molecule has 1 aromatic rings. The van der Waals surface area contributed by atoms with Gasteiger partial charge in [0.25, 0.3) is 0 Å². The van der Waals surface area contributed by atoms with E-state index in [9.17, 15) is 4.79 Å². The number of amides is 1. The number of hydrogen-bond donors (Lipinski definition) is 3. The Morgan fingerprint density at radius 2 is 2.24 bits per heavy atom. The van der Waals surface area contributed by atoms with Gasteiger partial charge in [-0.1, -0.05) is 13.0 Å². The van der Waals surface area contributed by atoms with Crippen molar-refractivity contribution < 1.29 is 4.79 Å². The molecule has 116 valence electrons. The first kappa shape index (κ1) is 15.8. The molecule has 0 saturated carbocycles. The van der Waals surface area contributed by atoms with Gasteiger partial charge in [0.15, 0.2) is 0 Å². The highest BCUT2D eigenvalue weighted by atomic mass is 16.2. The lowest BCUT2D eigenvalue weighted by Gasteiger charge is -2.28. The Bertz CT molecular complexity index is 481. The molecule has 1 atom stereocenters. The highest BCUT2D eigenvalue weighted by Crippen LogP contribution is 2.18. The number of carbonyl (C=O) groups excluding carboxylic acids is 1. The van der Waals surface area contributed by atoms with Crippen LogP contribution in [0.4, 0.5) is 11.4 Å². The van der Waals surface area contributed by atoms with E-state index in [-0.39, 0.29) is 11.9 Å². The van der Waals surface area contributed by atoms with Gasteiger partial charge in [0.1, 0.15) is 0 Å². The van der Waals surface area contributed by atoms with Gasteiger partial charge in [-0.25, -0.2) is 0 Å². The highest BCUT2D eigenvalue weighted by Gasteiger charge is 2.24. The summed E-state index contributed by atoms with van der Waals surface area (Å²) in [6.45, 7) is 7.88. The Labute approximate surface area is 126 Å². The number of carbonyl (C=O) groups is 1. The number of nitrogens with zero attached hydrogens (tertiary/aromatic N) is 1. The second-order valence-electron chi connectivity index (χ2n) is 5.62. The van der Waals surface area contributed by atoms with E-state index in [4.69, 9.17) is 5.73 Å². The largest absolute Gasteiger partial charge is 0.398 e. The zero-order valence-corrected chi connectivity index (χ0v) is 13.0. The van der Waals surface area contributed by atoms with Gasteiger partial charge < -0.3 is 16.4 Å². The Balaban J connectivity index is 2.03. The minimum atomic E-state index is -0.0765. The van der Waals surface area contributed by atoms with E-state index >= 15 is 0 Å². The lowest BCUT2D eigenvalue weighted by atomic mass is 10.1. The van der Waals surface area contributed by atoms with Crippen molar-refractivity contribution in [3.8, 4) is 0 Å². The smallest absolute Gasteiger partial charge is 0.241 e. The fourth-order valence-corrected chi connectivity index (χ4v) is 2.73. The summed E-state index contributed by atoms with van der Waals surface area (Å²) in [7, 11) is 0. The molecule has 0 aromatic heterocycles. The first-order valence-electron chi connectivity index (χ1n) is 7.73. The van der Waals surface area contributed by atoms with Crippen molar-refractivity contribution in [2.45, 2.75) is 32.7 Å². The van der Waals surface area contributed by atoms with Gasteiger partial charge in [0, 0.05) is 31.0 Å². The molecule has 4 N–H and O–H groups in total. The maximum absolute atomic E-state index is 12.5. The maximum Gasteiger partial charge on any atom is 0.241 e. The summed E-state index contributed by atoms with van der Waals surface area (Å²) < 4.78 is 0. The molecule has 0 spiro atoms. The zero-order valence-electron chi connectivity index (χ0n) is 13.0. The van der Waals surface area contributed by atoms with Crippen LogP contribution in [0, 0.1) is 6.92 Å². The number of hydrogen-bond acceptors (Lipinski definition) is 4. The Kier molecular flexibility index (Phi) is 5.59. The molecule has 1 unspecified atom stereocenters. The maximum atomic E-state index is 12.5. The van der Waals surface area contributed by atoms with Crippen LogP contribution in [0.3, 0.4) is 0 Å². The zero-order chi connectivity index (χ0) is 15.2. The standard InChI is InChI=1S/C16H26N4O/c1-3-15(20-9-4-7-18-8-10-20)16(21)19-13-6-5-12(2)14(17)11-13/h5-6,11,15,18H,3-4,7-10,17H2,1-2H3,(H,19,21). The SMILES string of the molecule is CCC(C(=O)Nc1ccc(C)c(N)c1)N1CCCNCC1. The molecule has 5 nitrogen and oxygen atoms in total. The van der Waals surface area contributed by atoms with Crippen LogP contribution in [-0.4, -0.2) is 43.0 Å². The van der Waals surface area contributed by atoms with E-state index in [1.54, 1.807) is 0 Å². The van der Waals surface area contributed by atoms with E-state index in [1.165, 1.54) is 0 Å². The van der Waals surface area contributed by atoms with E-state index in [0.717, 1.165) is 50.3 Å². The Hall–Kier alpha value is -1.59. The molecule has 0 aliphatic carbocycles. The van der Waals surface area contributed by atoms with Crippen molar-refractivity contribution in [1.29, 1.82) is 0 Å². The first-order chi connectivity index (χ1) is 10.1. The summed E-state index contributed by atoms with van der Waals surface area (Å²) in [5.74, 6) is 0.0580. The third-order valence-corrected chi connectivity index (χ3v) is 4.05. The lowest BCUT2D eigenvalue weighted by molar-refractivity contribution is -0.121. The van der Waals surface area contributed by atoms with Crippen molar-refractivity contribution in [2.75, 3.05) is 37.2 Å².